The number of carboxylic acids is 1. The Labute approximate surface area is 124 Å². The Balaban J connectivity index is 1.86. The van der Waals surface area contributed by atoms with Crippen LogP contribution in [0.2, 0.25) is 0 Å². The Bertz CT molecular complexity index is 782. The van der Waals surface area contributed by atoms with Crippen LogP contribution >= 0.6 is 11.8 Å². The van der Waals surface area contributed by atoms with Gasteiger partial charge in [-0.15, -0.1) is 11.8 Å². The number of carboxylic acid groups (broad SMARTS) is 1. The van der Waals surface area contributed by atoms with Crippen molar-refractivity contribution in [2.45, 2.75) is 5.75 Å². The zero-order valence-corrected chi connectivity index (χ0v) is 11.7. The van der Waals surface area contributed by atoms with Crippen molar-refractivity contribution in [3.8, 4) is 11.5 Å². The fraction of sp³-hybridized carbons (Fsp3) is 0.143. The van der Waals surface area contributed by atoms with E-state index in [9.17, 15) is 4.79 Å². The fourth-order valence-electron chi connectivity index (χ4n) is 1.93. The number of benzene rings is 1. The highest BCUT2D eigenvalue weighted by molar-refractivity contribution is 7.99. The van der Waals surface area contributed by atoms with E-state index in [4.69, 9.17) is 9.63 Å². The van der Waals surface area contributed by atoms with Crippen LogP contribution in [-0.2, 0) is 10.5 Å². The van der Waals surface area contributed by atoms with Crippen LogP contribution in [0.25, 0.3) is 22.3 Å². The number of fused-ring (bicyclic) bond motifs is 1. The lowest BCUT2D eigenvalue weighted by atomic mass is 10.1. The summed E-state index contributed by atoms with van der Waals surface area (Å²) < 4.78 is 5.13. The summed E-state index contributed by atoms with van der Waals surface area (Å²) in [6.07, 6.45) is 1.70. The Hall–Kier alpha value is -2.41. The predicted octanol–water partition coefficient (Wildman–Crippen LogP) is 2.60. The quantitative estimate of drug-likeness (QED) is 0.774. The molecule has 6 nitrogen and oxygen atoms in total. The number of nitrogens with zero attached hydrogens (tertiary/aromatic N) is 3. The van der Waals surface area contributed by atoms with Crippen molar-refractivity contribution in [3.63, 3.8) is 0 Å². The first kappa shape index (κ1) is 13.6. The van der Waals surface area contributed by atoms with Gasteiger partial charge < -0.3 is 9.63 Å². The first-order valence-corrected chi connectivity index (χ1v) is 7.36. The predicted molar refractivity (Wildman–Crippen MR) is 78.8 cm³/mol. The summed E-state index contributed by atoms with van der Waals surface area (Å²) in [7, 11) is 0. The lowest BCUT2D eigenvalue weighted by Crippen LogP contribution is -1.98. The zero-order chi connectivity index (χ0) is 14.7. The minimum atomic E-state index is -0.865. The summed E-state index contributed by atoms with van der Waals surface area (Å²) in [6.45, 7) is 0. The highest BCUT2D eigenvalue weighted by atomic mass is 32.2. The fourth-order valence-corrected chi connectivity index (χ4v) is 2.50. The van der Waals surface area contributed by atoms with Crippen molar-refractivity contribution in [2.75, 3.05) is 5.75 Å². The normalized spacial score (nSPS) is 10.9. The number of pyridine rings is 1. The maximum absolute atomic E-state index is 10.5. The summed E-state index contributed by atoms with van der Waals surface area (Å²) in [6, 6.07) is 9.74. The number of aliphatic carboxylic acids is 1. The molecule has 0 unspecified atom stereocenters. The van der Waals surface area contributed by atoms with Crippen LogP contribution in [0, 0.1) is 0 Å². The summed E-state index contributed by atoms with van der Waals surface area (Å²) in [5, 5.41) is 14.5. The van der Waals surface area contributed by atoms with E-state index in [1.54, 1.807) is 6.20 Å². The van der Waals surface area contributed by atoms with Crippen molar-refractivity contribution in [3.05, 3.63) is 42.4 Å². The van der Waals surface area contributed by atoms with Gasteiger partial charge in [0.15, 0.2) is 0 Å². The van der Waals surface area contributed by atoms with Gasteiger partial charge in [-0.25, -0.2) is 0 Å². The SMILES string of the molecule is O=C(O)CSCc1nc(-c2nccc3ccccc23)no1. The van der Waals surface area contributed by atoms with E-state index >= 15 is 0 Å². The molecule has 1 N–H and O–H groups in total. The molecule has 0 saturated heterocycles. The Morgan fingerprint density at radius 2 is 2.14 bits per heavy atom. The van der Waals surface area contributed by atoms with Gasteiger partial charge in [0.2, 0.25) is 11.7 Å². The lowest BCUT2D eigenvalue weighted by molar-refractivity contribution is -0.133. The molecule has 3 rings (SSSR count). The summed E-state index contributed by atoms with van der Waals surface area (Å²) in [5.74, 6) is 0.313. The van der Waals surface area contributed by atoms with Crippen molar-refractivity contribution in [2.24, 2.45) is 0 Å². The Morgan fingerprint density at radius 3 is 3.00 bits per heavy atom. The molecule has 0 radical (unpaired) electrons. The molecule has 0 aliphatic heterocycles. The molecule has 0 aliphatic rings. The number of hydrogen-bond donors (Lipinski definition) is 1. The minimum absolute atomic E-state index is 0.00420. The monoisotopic (exact) mass is 301 g/mol. The van der Waals surface area contributed by atoms with Gasteiger partial charge in [0.1, 0.15) is 5.69 Å². The van der Waals surface area contributed by atoms with Gasteiger partial charge in [0.25, 0.3) is 0 Å². The summed E-state index contributed by atoms with van der Waals surface area (Å²) in [4.78, 5) is 19.1. The molecular formula is C14H11N3O3S. The number of thioether (sulfide) groups is 1. The van der Waals surface area contributed by atoms with Gasteiger partial charge >= 0.3 is 5.97 Å². The lowest BCUT2D eigenvalue weighted by Gasteiger charge is -2.00. The molecule has 0 bridgehead atoms. The van der Waals surface area contributed by atoms with Gasteiger partial charge in [-0.3, -0.25) is 9.78 Å². The second-order valence-corrected chi connectivity index (χ2v) is 5.26. The van der Waals surface area contributed by atoms with Crippen molar-refractivity contribution in [1.82, 2.24) is 15.1 Å². The molecule has 2 heterocycles. The minimum Gasteiger partial charge on any atom is -0.481 e. The first-order chi connectivity index (χ1) is 10.2. The van der Waals surface area contributed by atoms with Crippen LogP contribution < -0.4 is 0 Å². The number of carbonyl (C=O) groups is 1. The second-order valence-electron chi connectivity index (χ2n) is 4.28. The van der Waals surface area contributed by atoms with Crippen LogP contribution in [0.5, 0.6) is 0 Å². The molecular weight excluding hydrogens is 290 g/mol. The van der Waals surface area contributed by atoms with Crippen molar-refractivity contribution in [1.29, 1.82) is 0 Å². The average molecular weight is 301 g/mol. The van der Waals surface area contributed by atoms with Crippen LogP contribution in [0.4, 0.5) is 0 Å². The van der Waals surface area contributed by atoms with Gasteiger partial charge in [-0.2, -0.15) is 4.98 Å². The van der Waals surface area contributed by atoms with Crippen LogP contribution in [0.1, 0.15) is 5.89 Å². The number of rotatable bonds is 5. The first-order valence-electron chi connectivity index (χ1n) is 6.20. The van der Waals surface area contributed by atoms with E-state index in [1.165, 1.54) is 11.8 Å². The third-order valence-corrected chi connectivity index (χ3v) is 3.71. The van der Waals surface area contributed by atoms with E-state index < -0.39 is 5.97 Å². The standard InChI is InChI=1S/C14H11N3O3S/c18-12(19)8-21-7-11-16-14(17-20-11)13-10-4-2-1-3-9(10)5-6-15-13/h1-6H,7-8H2,(H,18,19). The van der Waals surface area contributed by atoms with E-state index in [0.717, 1.165) is 10.8 Å². The molecule has 2 aromatic heterocycles. The van der Waals surface area contributed by atoms with Gasteiger partial charge in [0, 0.05) is 11.6 Å². The molecule has 3 aromatic rings. The van der Waals surface area contributed by atoms with E-state index in [0.29, 0.717) is 23.2 Å². The Kier molecular flexibility index (Phi) is 3.83. The van der Waals surface area contributed by atoms with E-state index in [2.05, 4.69) is 15.1 Å². The molecule has 0 amide bonds. The van der Waals surface area contributed by atoms with Crippen LogP contribution in [-0.4, -0.2) is 32.0 Å². The third kappa shape index (κ3) is 3.03. The molecule has 0 atom stereocenters. The molecule has 0 aliphatic carbocycles. The van der Waals surface area contributed by atoms with Crippen LogP contribution in [0.3, 0.4) is 0 Å². The highest BCUT2D eigenvalue weighted by Gasteiger charge is 2.13. The van der Waals surface area contributed by atoms with Crippen molar-refractivity contribution >= 4 is 28.5 Å². The molecule has 106 valence electrons. The topological polar surface area (TPSA) is 89.1 Å². The Morgan fingerprint density at radius 1 is 1.29 bits per heavy atom. The second kappa shape index (κ2) is 5.92. The molecule has 21 heavy (non-hydrogen) atoms. The molecule has 0 spiro atoms. The summed E-state index contributed by atoms with van der Waals surface area (Å²) in [5.41, 5.74) is 0.659. The van der Waals surface area contributed by atoms with Crippen molar-refractivity contribution < 1.29 is 14.4 Å². The third-order valence-electron chi connectivity index (χ3n) is 2.80. The number of hydrogen-bond acceptors (Lipinski definition) is 6. The van der Waals surface area contributed by atoms with E-state index in [1.807, 2.05) is 30.3 Å². The largest absolute Gasteiger partial charge is 0.481 e. The van der Waals surface area contributed by atoms with Crippen LogP contribution in [0.15, 0.2) is 41.1 Å². The molecule has 7 heteroatoms. The molecule has 1 aromatic carbocycles. The molecule has 0 saturated carbocycles. The van der Waals surface area contributed by atoms with Gasteiger partial charge in [0.05, 0.1) is 11.5 Å². The smallest absolute Gasteiger partial charge is 0.313 e. The molecule has 0 fully saturated rings. The maximum Gasteiger partial charge on any atom is 0.313 e. The zero-order valence-electron chi connectivity index (χ0n) is 10.9. The van der Waals surface area contributed by atoms with E-state index in [-0.39, 0.29) is 5.75 Å². The average Bonchev–Trinajstić information content (AvgIpc) is 2.95. The summed E-state index contributed by atoms with van der Waals surface area (Å²) >= 11 is 1.21. The highest BCUT2D eigenvalue weighted by Crippen LogP contribution is 2.24. The van der Waals surface area contributed by atoms with Gasteiger partial charge in [-0.1, -0.05) is 29.4 Å². The number of aromatic nitrogens is 3. The van der Waals surface area contributed by atoms with Gasteiger partial charge in [-0.05, 0) is 11.5 Å². The maximum atomic E-state index is 10.5.